The van der Waals surface area contributed by atoms with Gasteiger partial charge in [-0.1, -0.05) is 35.3 Å². The average molecular weight is 551 g/mol. The van der Waals surface area contributed by atoms with Crippen molar-refractivity contribution in [1.29, 1.82) is 0 Å². The summed E-state index contributed by atoms with van der Waals surface area (Å²) in [6, 6.07) is 10.1. The van der Waals surface area contributed by atoms with Gasteiger partial charge in [0.05, 0.1) is 41.3 Å². The second-order valence-electron chi connectivity index (χ2n) is 7.94. The van der Waals surface area contributed by atoms with Crippen LogP contribution in [-0.4, -0.2) is 66.4 Å². The van der Waals surface area contributed by atoms with Crippen molar-refractivity contribution in [3.63, 3.8) is 0 Å². The highest BCUT2D eigenvalue weighted by Gasteiger charge is 2.35. The van der Waals surface area contributed by atoms with E-state index in [4.69, 9.17) is 37.4 Å². The van der Waals surface area contributed by atoms with Crippen LogP contribution in [-0.2, 0) is 20.9 Å². The van der Waals surface area contributed by atoms with E-state index in [2.05, 4.69) is 0 Å². The van der Waals surface area contributed by atoms with E-state index in [0.717, 1.165) is 16.7 Å². The van der Waals surface area contributed by atoms with Crippen LogP contribution in [0.3, 0.4) is 0 Å². The molecule has 2 aromatic rings. The molecule has 2 aromatic carbocycles. The van der Waals surface area contributed by atoms with Gasteiger partial charge in [0.25, 0.3) is 17.1 Å². The third kappa shape index (κ3) is 6.34. The molecule has 2 saturated heterocycles. The summed E-state index contributed by atoms with van der Waals surface area (Å²) in [5, 5.41) is 0.385. The van der Waals surface area contributed by atoms with Gasteiger partial charge in [0.1, 0.15) is 0 Å². The molecule has 2 fully saturated rings. The van der Waals surface area contributed by atoms with Crippen LogP contribution in [0.5, 0.6) is 11.5 Å². The second kappa shape index (κ2) is 12.0. The number of carbonyl (C=O) groups is 3. The van der Waals surface area contributed by atoms with Gasteiger partial charge in [0.15, 0.2) is 18.1 Å². The molecule has 0 radical (unpaired) electrons. The molecule has 4 rings (SSSR count). The summed E-state index contributed by atoms with van der Waals surface area (Å²) in [6.45, 7) is 4.31. The number of amides is 3. The number of thioether (sulfide) groups is 1. The van der Waals surface area contributed by atoms with Gasteiger partial charge in [-0.25, -0.2) is 0 Å². The van der Waals surface area contributed by atoms with Crippen LogP contribution in [0.15, 0.2) is 41.3 Å². The first-order valence-electron chi connectivity index (χ1n) is 11.3. The minimum absolute atomic E-state index is 0.0903. The molecule has 11 heteroatoms. The van der Waals surface area contributed by atoms with Gasteiger partial charge >= 0.3 is 0 Å². The Bertz CT molecular complexity index is 1200. The summed E-state index contributed by atoms with van der Waals surface area (Å²) in [5.41, 5.74) is 1.35. The number of hydrogen-bond acceptors (Lipinski definition) is 7. The fourth-order valence-electron chi connectivity index (χ4n) is 3.65. The van der Waals surface area contributed by atoms with E-state index < -0.39 is 5.91 Å². The van der Waals surface area contributed by atoms with Gasteiger partial charge in [-0.15, -0.1) is 0 Å². The number of imide groups is 1. The van der Waals surface area contributed by atoms with Crippen molar-refractivity contribution in [2.75, 3.05) is 39.5 Å². The maximum absolute atomic E-state index is 12.9. The molecule has 0 atom stereocenters. The molecule has 2 aliphatic rings. The highest BCUT2D eigenvalue weighted by molar-refractivity contribution is 8.18. The van der Waals surface area contributed by atoms with Crippen LogP contribution < -0.4 is 9.47 Å². The highest BCUT2D eigenvalue weighted by atomic mass is 35.5. The van der Waals surface area contributed by atoms with Crippen LogP contribution in [0, 0.1) is 0 Å². The zero-order valence-corrected chi connectivity index (χ0v) is 21.8. The number of ether oxygens (including phenoxy) is 3. The van der Waals surface area contributed by atoms with Crippen molar-refractivity contribution in [2.45, 2.75) is 13.5 Å². The smallest absolute Gasteiger partial charge is 0.293 e. The fraction of sp³-hybridized carbons (Fsp3) is 0.320. The van der Waals surface area contributed by atoms with E-state index in [1.54, 1.807) is 47.4 Å². The summed E-state index contributed by atoms with van der Waals surface area (Å²) in [4.78, 5) is 41.0. The van der Waals surface area contributed by atoms with Crippen molar-refractivity contribution < 1.29 is 28.6 Å². The summed E-state index contributed by atoms with van der Waals surface area (Å²) in [7, 11) is 0. The SMILES string of the molecule is CCOc1cc(/C=C2\SC(=O)N(Cc3ccc(Cl)c(Cl)c3)C2=O)ccc1OCC(=O)N1CCOCC1. The predicted octanol–water partition coefficient (Wildman–Crippen LogP) is 4.87. The van der Waals surface area contributed by atoms with Crippen LogP contribution in [0.2, 0.25) is 10.0 Å². The van der Waals surface area contributed by atoms with Crippen molar-refractivity contribution in [3.8, 4) is 11.5 Å². The van der Waals surface area contributed by atoms with Crippen molar-refractivity contribution in [2.24, 2.45) is 0 Å². The first kappa shape index (κ1) is 26.3. The zero-order chi connectivity index (χ0) is 25.7. The van der Waals surface area contributed by atoms with Gasteiger partial charge < -0.3 is 19.1 Å². The highest BCUT2D eigenvalue weighted by Crippen LogP contribution is 2.36. The first-order chi connectivity index (χ1) is 17.4. The van der Waals surface area contributed by atoms with Crippen molar-refractivity contribution in [3.05, 3.63) is 62.5 Å². The van der Waals surface area contributed by atoms with E-state index >= 15 is 0 Å². The molecule has 0 bridgehead atoms. The van der Waals surface area contributed by atoms with Crippen LogP contribution in [0.4, 0.5) is 4.79 Å². The monoisotopic (exact) mass is 550 g/mol. The van der Waals surface area contributed by atoms with Crippen LogP contribution >= 0.6 is 35.0 Å². The third-order valence-electron chi connectivity index (χ3n) is 5.48. The Balaban J connectivity index is 1.46. The van der Waals surface area contributed by atoms with Crippen molar-refractivity contribution in [1.82, 2.24) is 9.80 Å². The Kier molecular flexibility index (Phi) is 8.79. The summed E-state index contributed by atoms with van der Waals surface area (Å²) in [5.74, 6) is 0.338. The molecule has 2 heterocycles. The Morgan fingerprint density at radius 3 is 2.56 bits per heavy atom. The lowest BCUT2D eigenvalue weighted by atomic mass is 10.1. The number of morpholine rings is 1. The number of hydrogen-bond donors (Lipinski definition) is 0. The van der Waals surface area contributed by atoms with Crippen LogP contribution in [0.1, 0.15) is 18.1 Å². The normalized spacial score (nSPS) is 17.1. The zero-order valence-electron chi connectivity index (χ0n) is 19.5. The molecule has 0 N–H and O–H groups in total. The van der Waals surface area contributed by atoms with Crippen molar-refractivity contribution >= 4 is 58.1 Å². The first-order valence-corrected chi connectivity index (χ1v) is 12.9. The minimum Gasteiger partial charge on any atom is -0.490 e. The van der Waals surface area contributed by atoms with Crippen LogP contribution in [0.25, 0.3) is 6.08 Å². The fourth-order valence-corrected chi connectivity index (χ4v) is 4.81. The Morgan fingerprint density at radius 2 is 1.83 bits per heavy atom. The van der Waals surface area contributed by atoms with Gasteiger partial charge in [-0.05, 0) is 60.2 Å². The Labute approximate surface area is 223 Å². The van der Waals surface area contributed by atoms with Gasteiger partial charge in [-0.3, -0.25) is 19.3 Å². The molecule has 0 aromatic heterocycles. The molecular weight excluding hydrogens is 527 g/mol. The lowest BCUT2D eigenvalue weighted by Crippen LogP contribution is -2.43. The lowest BCUT2D eigenvalue weighted by Gasteiger charge is -2.26. The molecule has 2 aliphatic heterocycles. The van der Waals surface area contributed by atoms with E-state index in [9.17, 15) is 14.4 Å². The predicted molar refractivity (Wildman–Crippen MR) is 138 cm³/mol. The molecular formula is C25H24Cl2N2O6S. The molecule has 36 heavy (non-hydrogen) atoms. The summed E-state index contributed by atoms with van der Waals surface area (Å²) < 4.78 is 16.7. The second-order valence-corrected chi connectivity index (χ2v) is 9.74. The molecule has 0 saturated carbocycles. The maximum atomic E-state index is 12.9. The van der Waals surface area contributed by atoms with Gasteiger partial charge in [-0.2, -0.15) is 0 Å². The molecule has 8 nitrogen and oxygen atoms in total. The van der Waals surface area contributed by atoms with E-state index in [0.29, 0.717) is 70.5 Å². The Morgan fingerprint density at radius 1 is 1.06 bits per heavy atom. The topological polar surface area (TPSA) is 85.4 Å². The third-order valence-corrected chi connectivity index (χ3v) is 7.13. The van der Waals surface area contributed by atoms with Gasteiger partial charge in [0, 0.05) is 13.1 Å². The standard InChI is InChI=1S/C25H24Cl2N2O6S/c1-2-34-21-12-16(4-6-20(21)35-15-23(30)28-7-9-33-10-8-28)13-22-24(31)29(25(32)36-22)14-17-3-5-18(26)19(27)11-17/h3-6,11-13H,2,7-10,14-15H2,1H3/b22-13-. The molecule has 0 spiro atoms. The lowest BCUT2D eigenvalue weighted by molar-refractivity contribution is -0.137. The number of carbonyl (C=O) groups excluding carboxylic acids is 3. The Hall–Kier alpha value is -2.72. The number of benzene rings is 2. The van der Waals surface area contributed by atoms with E-state index in [-0.39, 0.29) is 24.3 Å². The molecule has 190 valence electrons. The van der Waals surface area contributed by atoms with E-state index in [1.165, 1.54) is 0 Å². The maximum Gasteiger partial charge on any atom is 0.293 e. The summed E-state index contributed by atoms with van der Waals surface area (Å²) in [6.07, 6.45) is 1.63. The van der Waals surface area contributed by atoms with Gasteiger partial charge in [0.2, 0.25) is 0 Å². The number of rotatable bonds is 8. The molecule has 0 unspecified atom stereocenters. The minimum atomic E-state index is -0.398. The molecule has 3 amide bonds. The quantitative estimate of drug-likeness (QED) is 0.433. The molecule has 0 aliphatic carbocycles. The largest absolute Gasteiger partial charge is 0.490 e. The number of halogens is 2. The summed E-state index contributed by atoms with van der Waals surface area (Å²) >= 11 is 12.9. The van der Waals surface area contributed by atoms with E-state index in [1.807, 2.05) is 6.92 Å². The average Bonchev–Trinajstić information content (AvgIpc) is 3.13. The number of nitrogens with zero attached hydrogens (tertiary/aromatic N) is 2.